The number of amides is 2. The zero-order valence-corrected chi connectivity index (χ0v) is 23.9. The van der Waals surface area contributed by atoms with Crippen LogP contribution in [0.25, 0.3) is 0 Å². The van der Waals surface area contributed by atoms with Crippen LogP contribution in [-0.2, 0) is 5.67 Å². The van der Waals surface area contributed by atoms with Gasteiger partial charge >= 0.3 is 30.6 Å². The van der Waals surface area contributed by atoms with E-state index in [1.54, 1.807) is 5.32 Å². The van der Waals surface area contributed by atoms with E-state index in [9.17, 15) is 57.9 Å². The molecule has 3 aromatic carbocycles. The summed E-state index contributed by atoms with van der Waals surface area (Å²) in [5.74, 6) is -13.4. The number of benzene rings is 3. The van der Waals surface area contributed by atoms with Gasteiger partial charge in [0, 0.05) is 21.7 Å². The molecule has 0 spiro atoms. The standard InChI is InChI=1S/C26H14F13IN2O3/c1-42(21(44)11-5-7-13(27)8-6-11)16-4-2-3-14(18(16)28)20(43)41-19-15(40)9-12(10-17(19)45-22(29)30)23(31,25(34,35)36)24(32,33)26(37,38)39/h2-10,22H,1H3,(H,41,43). The summed E-state index contributed by atoms with van der Waals surface area (Å²) in [4.78, 5) is 26.3. The molecule has 0 radical (unpaired) electrons. The van der Waals surface area contributed by atoms with Crippen molar-refractivity contribution in [2.45, 2.75) is 30.6 Å². The molecule has 0 saturated carbocycles. The maximum atomic E-state index is 15.4. The molecular weight excluding hydrogens is 762 g/mol. The summed E-state index contributed by atoms with van der Waals surface area (Å²) in [7, 11) is 1.06. The summed E-state index contributed by atoms with van der Waals surface area (Å²) in [5.41, 5.74) is -11.7. The second-order valence-corrected chi connectivity index (χ2v) is 10.1. The fourth-order valence-electron chi connectivity index (χ4n) is 3.84. The van der Waals surface area contributed by atoms with Gasteiger partial charge in [0.05, 0.1) is 16.9 Å². The summed E-state index contributed by atoms with van der Waals surface area (Å²) in [6, 6.07) is 6.05. The number of carbonyl (C=O) groups is 2. The van der Waals surface area contributed by atoms with Crippen LogP contribution in [0.3, 0.4) is 0 Å². The highest BCUT2D eigenvalue weighted by molar-refractivity contribution is 14.1. The lowest BCUT2D eigenvalue weighted by Gasteiger charge is -2.36. The number of hydrogen-bond acceptors (Lipinski definition) is 3. The average molecular weight is 776 g/mol. The predicted octanol–water partition coefficient (Wildman–Crippen LogP) is 8.62. The van der Waals surface area contributed by atoms with E-state index < -0.39 is 91.9 Å². The van der Waals surface area contributed by atoms with E-state index in [4.69, 9.17) is 0 Å². The van der Waals surface area contributed by atoms with Crippen molar-refractivity contribution in [2.75, 3.05) is 17.3 Å². The van der Waals surface area contributed by atoms with E-state index in [0.29, 0.717) is 4.90 Å². The van der Waals surface area contributed by atoms with E-state index in [0.717, 1.165) is 72.1 Å². The highest BCUT2D eigenvalue weighted by Crippen LogP contribution is 2.59. The number of rotatable bonds is 8. The summed E-state index contributed by atoms with van der Waals surface area (Å²) in [6.07, 6.45) is -14.1. The summed E-state index contributed by atoms with van der Waals surface area (Å²) in [6.45, 7) is -4.00. The van der Waals surface area contributed by atoms with Crippen molar-refractivity contribution in [1.29, 1.82) is 0 Å². The minimum atomic E-state index is -7.14. The lowest BCUT2D eigenvalue weighted by Crippen LogP contribution is -2.59. The Kier molecular flexibility index (Phi) is 9.95. The van der Waals surface area contributed by atoms with E-state index >= 15 is 8.78 Å². The van der Waals surface area contributed by atoms with Gasteiger partial charge in [-0.25, -0.2) is 13.2 Å². The van der Waals surface area contributed by atoms with Crippen LogP contribution < -0.4 is 15.0 Å². The second kappa shape index (κ2) is 12.5. The number of nitrogens with one attached hydrogen (secondary N) is 1. The molecule has 0 aliphatic carbocycles. The summed E-state index contributed by atoms with van der Waals surface area (Å²) in [5, 5.41) is 1.76. The monoisotopic (exact) mass is 776 g/mol. The first-order valence-corrected chi connectivity index (χ1v) is 12.7. The Hall–Kier alpha value is -3.78. The Morgan fingerprint density at radius 1 is 0.867 bits per heavy atom. The normalized spacial score (nSPS) is 13.8. The van der Waals surface area contributed by atoms with Gasteiger partial charge in [0.2, 0.25) is 0 Å². The van der Waals surface area contributed by atoms with E-state index in [1.165, 1.54) is 0 Å². The Labute approximate surface area is 257 Å². The van der Waals surface area contributed by atoms with Crippen LogP contribution in [0.1, 0.15) is 26.3 Å². The molecule has 5 nitrogen and oxygen atoms in total. The Morgan fingerprint density at radius 3 is 1.96 bits per heavy atom. The molecule has 0 saturated heterocycles. The lowest BCUT2D eigenvalue weighted by atomic mass is 9.87. The molecule has 45 heavy (non-hydrogen) atoms. The fraction of sp³-hybridized carbons (Fsp3) is 0.231. The minimum Gasteiger partial charge on any atom is -0.433 e. The molecule has 19 heteroatoms. The smallest absolute Gasteiger partial charge is 0.433 e. The van der Waals surface area contributed by atoms with Crippen molar-refractivity contribution in [2.24, 2.45) is 0 Å². The summed E-state index contributed by atoms with van der Waals surface area (Å²) >= 11 is 0.899. The molecule has 3 aromatic rings. The number of halogens is 14. The highest BCUT2D eigenvalue weighted by Gasteiger charge is 2.81. The molecule has 1 atom stereocenters. The van der Waals surface area contributed by atoms with E-state index in [1.807, 2.05) is 0 Å². The highest BCUT2D eigenvalue weighted by atomic mass is 127. The van der Waals surface area contributed by atoms with Crippen LogP contribution in [0.5, 0.6) is 5.75 Å². The Bertz CT molecular complexity index is 1590. The van der Waals surface area contributed by atoms with Crippen LogP contribution >= 0.6 is 22.6 Å². The molecule has 244 valence electrons. The molecule has 0 aliphatic heterocycles. The maximum Gasteiger partial charge on any atom is 0.457 e. The average Bonchev–Trinajstić information content (AvgIpc) is 2.92. The van der Waals surface area contributed by atoms with Crippen molar-refractivity contribution in [1.82, 2.24) is 0 Å². The molecule has 2 amide bonds. The van der Waals surface area contributed by atoms with Gasteiger partial charge in [0.1, 0.15) is 5.82 Å². The van der Waals surface area contributed by atoms with Gasteiger partial charge in [-0.3, -0.25) is 9.59 Å². The van der Waals surface area contributed by atoms with E-state index in [2.05, 4.69) is 4.74 Å². The molecule has 1 N–H and O–H groups in total. The minimum absolute atomic E-state index is 0.115. The van der Waals surface area contributed by atoms with Crippen LogP contribution in [0.2, 0.25) is 0 Å². The Morgan fingerprint density at radius 2 is 1.44 bits per heavy atom. The first kappa shape index (κ1) is 35.7. The molecule has 0 bridgehead atoms. The third-order valence-electron chi connectivity index (χ3n) is 6.07. The quantitative estimate of drug-likeness (QED) is 0.184. The number of alkyl halides is 11. The van der Waals surface area contributed by atoms with E-state index in [-0.39, 0.29) is 11.6 Å². The number of nitrogens with zero attached hydrogens (tertiary/aromatic N) is 1. The van der Waals surface area contributed by atoms with Gasteiger partial charge in [-0.15, -0.1) is 0 Å². The first-order chi connectivity index (χ1) is 20.5. The third-order valence-corrected chi connectivity index (χ3v) is 6.92. The number of ether oxygens (including phenoxy) is 1. The van der Waals surface area contributed by atoms with Gasteiger partial charge in [-0.2, -0.15) is 43.9 Å². The van der Waals surface area contributed by atoms with Gasteiger partial charge in [-0.1, -0.05) is 6.07 Å². The van der Waals surface area contributed by atoms with Crippen LogP contribution in [0, 0.1) is 15.2 Å². The molecule has 3 rings (SSSR count). The van der Waals surface area contributed by atoms with Crippen LogP contribution in [0.15, 0.2) is 54.6 Å². The third kappa shape index (κ3) is 6.76. The lowest BCUT2D eigenvalue weighted by molar-refractivity contribution is -0.389. The van der Waals surface area contributed by atoms with Crippen molar-refractivity contribution in [3.8, 4) is 5.75 Å². The molecule has 0 fully saturated rings. The van der Waals surface area contributed by atoms with Crippen molar-refractivity contribution < 1.29 is 71.4 Å². The molecule has 0 aromatic heterocycles. The zero-order chi connectivity index (χ0) is 34.3. The number of anilines is 2. The van der Waals surface area contributed by atoms with Crippen molar-refractivity contribution >= 4 is 45.8 Å². The van der Waals surface area contributed by atoms with Crippen LogP contribution in [0.4, 0.5) is 68.5 Å². The molecule has 0 aliphatic rings. The van der Waals surface area contributed by atoms with Gasteiger partial charge in [-0.05, 0) is 71.1 Å². The Balaban J connectivity index is 2.09. The van der Waals surface area contributed by atoms with Gasteiger partial charge in [0.25, 0.3) is 11.8 Å². The van der Waals surface area contributed by atoms with Crippen molar-refractivity contribution in [3.63, 3.8) is 0 Å². The first-order valence-electron chi connectivity index (χ1n) is 11.7. The van der Waals surface area contributed by atoms with Crippen LogP contribution in [-0.4, -0.2) is 43.7 Å². The molecule has 1 unspecified atom stereocenters. The fourth-order valence-corrected chi connectivity index (χ4v) is 4.58. The maximum absolute atomic E-state index is 15.4. The number of hydrogen-bond donors (Lipinski definition) is 1. The zero-order valence-electron chi connectivity index (χ0n) is 21.7. The number of carbonyl (C=O) groups excluding carboxylic acids is 2. The SMILES string of the molecule is CN(C(=O)c1ccc(F)cc1)c1cccc(C(=O)Nc2c(I)cc(C(F)(C(F)(F)F)C(F)(F)C(F)(F)F)cc2OC(F)F)c1F. The van der Waals surface area contributed by atoms with Gasteiger partial charge in [0.15, 0.2) is 11.6 Å². The molecule has 0 heterocycles. The topological polar surface area (TPSA) is 58.6 Å². The predicted molar refractivity (Wildman–Crippen MR) is 139 cm³/mol. The largest absolute Gasteiger partial charge is 0.457 e. The van der Waals surface area contributed by atoms with Crippen molar-refractivity contribution in [3.05, 3.63) is 86.5 Å². The van der Waals surface area contributed by atoms with Gasteiger partial charge < -0.3 is 15.0 Å². The molecular formula is C26H14F13IN2O3. The summed E-state index contributed by atoms with van der Waals surface area (Å²) < 4.78 is 180. The second-order valence-electron chi connectivity index (χ2n) is 8.90.